The van der Waals surface area contributed by atoms with Crippen LogP contribution >= 0.6 is 0 Å². The summed E-state index contributed by atoms with van der Waals surface area (Å²) in [6, 6.07) is 4.88. The van der Waals surface area contributed by atoms with E-state index in [2.05, 4.69) is 9.88 Å². The first-order chi connectivity index (χ1) is 15.1. The lowest BCUT2D eigenvalue weighted by Gasteiger charge is -2.47. The first kappa shape index (κ1) is 20.3. The fraction of sp³-hybridized carbons (Fsp3) is 0.591. The topological polar surface area (TPSA) is 92.6 Å². The summed E-state index contributed by atoms with van der Waals surface area (Å²) in [4.78, 5) is 45.2. The van der Waals surface area contributed by atoms with Gasteiger partial charge in [-0.05, 0) is 18.9 Å². The SMILES string of the molecule is O=C([C@H]1[C@@H]2C[C@@H](CN(CCn3cc[nH]c3=O)C2)c2cccc(=O)n21)N1CCCOCC1. The predicted molar refractivity (Wildman–Crippen MR) is 114 cm³/mol. The normalized spacial score (nSPS) is 26.3. The van der Waals surface area contributed by atoms with Crippen molar-refractivity contribution in [3.05, 3.63) is 57.1 Å². The van der Waals surface area contributed by atoms with Crippen LogP contribution < -0.4 is 11.2 Å². The third kappa shape index (κ3) is 3.87. The lowest BCUT2D eigenvalue weighted by atomic mass is 9.78. The van der Waals surface area contributed by atoms with Crippen molar-refractivity contribution in [2.24, 2.45) is 5.92 Å². The molecular weight excluding hydrogens is 398 g/mol. The van der Waals surface area contributed by atoms with Crippen LogP contribution in [0.3, 0.4) is 0 Å². The minimum absolute atomic E-state index is 0.0344. The lowest BCUT2D eigenvalue weighted by molar-refractivity contribution is -0.138. The Morgan fingerprint density at radius 1 is 1.13 bits per heavy atom. The second-order valence-electron chi connectivity index (χ2n) is 8.81. The molecule has 5 heterocycles. The molecule has 0 unspecified atom stereocenters. The van der Waals surface area contributed by atoms with Gasteiger partial charge in [-0.2, -0.15) is 0 Å². The maximum absolute atomic E-state index is 13.7. The highest BCUT2D eigenvalue weighted by atomic mass is 16.5. The van der Waals surface area contributed by atoms with Gasteiger partial charge in [0.2, 0.25) is 5.91 Å². The van der Waals surface area contributed by atoms with Gasteiger partial charge in [-0.1, -0.05) is 6.07 Å². The largest absolute Gasteiger partial charge is 0.380 e. The van der Waals surface area contributed by atoms with Gasteiger partial charge in [0, 0.05) is 81.9 Å². The zero-order chi connectivity index (χ0) is 21.4. The van der Waals surface area contributed by atoms with Crippen molar-refractivity contribution in [2.75, 3.05) is 45.9 Å². The van der Waals surface area contributed by atoms with Gasteiger partial charge in [0.05, 0.1) is 6.61 Å². The van der Waals surface area contributed by atoms with Gasteiger partial charge in [-0.3, -0.25) is 18.7 Å². The third-order valence-electron chi connectivity index (χ3n) is 6.89. The Labute approximate surface area is 180 Å². The number of piperidine rings is 1. The smallest absolute Gasteiger partial charge is 0.325 e. The fourth-order valence-electron chi connectivity index (χ4n) is 5.46. The van der Waals surface area contributed by atoms with Crippen molar-refractivity contribution < 1.29 is 9.53 Å². The van der Waals surface area contributed by atoms with E-state index in [0.717, 1.165) is 38.2 Å². The Bertz CT molecular complexity index is 1050. The molecule has 0 saturated carbocycles. The van der Waals surface area contributed by atoms with E-state index in [9.17, 15) is 14.4 Å². The lowest BCUT2D eigenvalue weighted by Crippen LogP contribution is -2.54. The average molecular weight is 428 g/mol. The molecule has 2 bridgehead atoms. The highest BCUT2D eigenvalue weighted by Crippen LogP contribution is 2.41. The molecule has 166 valence electrons. The monoisotopic (exact) mass is 427 g/mol. The molecule has 0 radical (unpaired) electrons. The molecule has 9 heteroatoms. The van der Waals surface area contributed by atoms with Gasteiger partial charge >= 0.3 is 5.69 Å². The number of carbonyl (C=O) groups excluding carboxylic acids is 1. The number of likely N-dealkylation sites (tertiary alicyclic amines) is 1. The first-order valence-corrected chi connectivity index (χ1v) is 11.2. The third-order valence-corrected chi connectivity index (χ3v) is 6.89. The van der Waals surface area contributed by atoms with Gasteiger partial charge in [0.25, 0.3) is 5.56 Å². The van der Waals surface area contributed by atoms with Crippen LogP contribution in [0.15, 0.2) is 40.2 Å². The number of aromatic amines is 1. The molecule has 2 aromatic heterocycles. The second kappa shape index (κ2) is 8.47. The minimum atomic E-state index is -0.476. The molecule has 3 aliphatic rings. The van der Waals surface area contributed by atoms with E-state index < -0.39 is 6.04 Å². The van der Waals surface area contributed by atoms with E-state index in [1.807, 2.05) is 11.0 Å². The maximum atomic E-state index is 13.7. The van der Waals surface area contributed by atoms with E-state index in [1.165, 1.54) is 0 Å². The number of amides is 1. The van der Waals surface area contributed by atoms with Crippen LogP contribution in [0.5, 0.6) is 0 Å². The Morgan fingerprint density at radius 2 is 2.03 bits per heavy atom. The maximum Gasteiger partial charge on any atom is 0.325 e. The molecular formula is C22H29N5O4. The van der Waals surface area contributed by atoms with E-state index in [1.54, 1.807) is 33.7 Å². The summed E-state index contributed by atoms with van der Waals surface area (Å²) in [6.45, 7) is 5.37. The van der Waals surface area contributed by atoms with Crippen LogP contribution in [0.4, 0.5) is 0 Å². The molecule has 5 rings (SSSR count). The van der Waals surface area contributed by atoms with Crippen LogP contribution in [0.1, 0.15) is 30.5 Å². The van der Waals surface area contributed by atoms with Crippen molar-refractivity contribution in [2.45, 2.75) is 31.3 Å². The van der Waals surface area contributed by atoms with Gasteiger partial charge in [0.15, 0.2) is 0 Å². The summed E-state index contributed by atoms with van der Waals surface area (Å²) in [6.07, 6.45) is 5.13. The van der Waals surface area contributed by atoms with Crippen molar-refractivity contribution in [3.8, 4) is 0 Å². The Balaban J connectivity index is 1.43. The van der Waals surface area contributed by atoms with E-state index in [0.29, 0.717) is 32.8 Å². The standard InChI is InChI=1S/C22H29N5O4/c28-19-4-1-3-18-16-13-17(15-24(14-16)8-9-26-7-5-23-22(26)30)20(27(18)19)21(29)25-6-2-11-31-12-10-25/h1,3-5,7,16-17,20H,2,6,8-15H2,(H,23,30)/t16-,17+,20+/m0/s1. The summed E-state index contributed by atoms with van der Waals surface area (Å²) >= 11 is 0. The minimum Gasteiger partial charge on any atom is -0.380 e. The number of ether oxygens (including phenoxy) is 1. The van der Waals surface area contributed by atoms with E-state index >= 15 is 0 Å². The first-order valence-electron chi connectivity index (χ1n) is 11.2. The van der Waals surface area contributed by atoms with Crippen molar-refractivity contribution in [1.82, 2.24) is 23.9 Å². The Hall–Kier alpha value is -2.65. The van der Waals surface area contributed by atoms with E-state index in [4.69, 9.17) is 4.74 Å². The molecule has 2 aromatic rings. The van der Waals surface area contributed by atoms with Gasteiger partial charge < -0.3 is 19.5 Å². The molecule has 1 N–H and O–H groups in total. The molecule has 2 saturated heterocycles. The van der Waals surface area contributed by atoms with Gasteiger partial charge in [-0.15, -0.1) is 0 Å². The zero-order valence-corrected chi connectivity index (χ0v) is 17.6. The number of imidazole rings is 1. The number of rotatable bonds is 4. The summed E-state index contributed by atoms with van der Waals surface area (Å²) < 4.78 is 8.96. The summed E-state index contributed by atoms with van der Waals surface area (Å²) in [5, 5.41) is 0. The van der Waals surface area contributed by atoms with Crippen molar-refractivity contribution in [3.63, 3.8) is 0 Å². The molecule has 31 heavy (non-hydrogen) atoms. The number of nitrogens with zero attached hydrogens (tertiary/aromatic N) is 4. The number of fused-ring (bicyclic) bond motifs is 4. The number of carbonyl (C=O) groups is 1. The van der Waals surface area contributed by atoms with Crippen molar-refractivity contribution in [1.29, 1.82) is 0 Å². The number of hydrogen-bond acceptors (Lipinski definition) is 5. The molecule has 0 spiro atoms. The molecule has 0 aromatic carbocycles. The summed E-state index contributed by atoms with van der Waals surface area (Å²) in [7, 11) is 0. The molecule has 2 fully saturated rings. The van der Waals surface area contributed by atoms with Crippen LogP contribution in [-0.2, 0) is 16.1 Å². The Kier molecular flexibility index (Phi) is 5.54. The predicted octanol–water partition coefficient (Wildman–Crippen LogP) is 0.247. The highest BCUT2D eigenvalue weighted by molar-refractivity contribution is 5.81. The molecule has 3 atom stereocenters. The van der Waals surface area contributed by atoms with Crippen LogP contribution in [-0.4, -0.2) is 75.8 Å². The molecule has 1 amide bonds. The Morgan fingerprint density at radius 3 is 2.87 bits per heavy atom. The second-order valence-corrected chi connectivity index (χ2v) is 8.81. The number of H-pyrrole nitrogens is 1. The average Bonchev–Trinajstić information content (AvgIpc) is 3.00. The molecule has 3 aliphatic heterocycles. The summed E-state index contributed by atoms with van der Waals surface area (Å²) in [5.41, 5.74) is 0.756. The zero-order valence-electron chi connectivity index (χ0n) is 17.6. The van der Waals surface area contributed by atoms with Crippen LogP contribution in [0, 0.1) is 5.92 Å². The van der Waals surface area contributed by atoms with Gasteiger partial charge in [-0.25, -0.2) is 4.79 Å². The van der Waals surface area contributed by atoms with Crippen LogP contribution in [0.2, 0.25) is 0 Å². The van der Waals surface area contributed by atoms with Crippen molar-refractivity contribution >= 4 is 5.91 Å². The van der Waals surface area contributed by atoms with E-state index in [-0.39, 0.29) is 29.0 Å². The number of hydrogen-bond donors (Lipinski definition) is 1. The van der Waals surface area contributed by atoms with Crippen LogP contribution in [0.25, 0.3) is 0 Å². The fourth-order valence-corrected chi connectivity index (χ4v) is 5.46. The summed E-state index contributed by atoms with van der Waals surface area (Å²) in [5.74, 6) is 0.324. The molecule has 9 nitrogen and oxygen atoms in total. The molecule has 0 aliphatic carbocycles. The number of nitrogens with one attached hydrogen (secondary N) is 1. The van der Waals surface area contributed by atoms with Gasteiger partial charge in [0.1, 0.15) is 6.04 Å². The quantitative estimate of drug-likeness (QED) is 0.755. The highest BCUT2D eigenvalue weighted by Gasteiger charge is 2.44. The number of pyridine rings is 1. The number of aromatic nitrogens is 3.